The monoisotopic (exact) mass is 287 g/mol. The fourth-order valence-corrected chi connectivity index (χ4v) is 2.66. The predicted octanol–water partition coefficient (Wildman–Crippen LogP) is 2.05. The van der Waals surface area contributed by atoms with Crippen LogP contribution in [0.25, 0.3) is 10.9 Å². The zero-order chi connectivity index (χ0) is 14.7. The lowest BCUT2D eigenvalue weighted by Crippen LogP contribution is -2.26. The lowest BCUT2D eigenvalue weighted by atomic mass is 10.1. The van der Waals surface area contributed by atoms with E-state index in [0.717, 1.165) is 61.5 Å². The number of nitrogen functional groups attached to an aromatic ring is 1. The van der Waals surface area contributed by atoms with E-state index in [0.29, 0.717) is 5.82 Å². The van der Waals surface area contributed by atoms with Crippen molar-refractivity contribution >= 4 is 16.7 Å². The van der Waals surface area contributed by atoms with Crippen LogP contribution in [0.3, 0.4) is 0 Å². The van der Waals surface area contributed by atoms with Crippen molar-refractivity contribution in [2.24, 2.45) is 0 Å². The second-order valence-electron chi connectivity index (χ2n) is 5.33. The van der Waals surface area contributed by atoms with Crippen LogP contribution in [0.5, 0.6) is 5.75 Å². The summed E-state index contributed by atoms with van der Waals surface area (Å²) in [5.41, 5.74) is 8.07. The fourth-order valence-electron chi connectivity index (χ4n) is 2.66. The molecule has 0 amide bonds. The van der Waals surface area contributed by atoms with E-state index in [-0.39, 0.29) is 0 Å². The molecule has 3 rings (SSSR count). The number of nitrogens with two attached hydrogens (primary N) is 1. The summed E-state index contributed by atoms with van der Waals surface area (Å²) >= 11 is 0. The van der Waals surface area contributed by atoms with Crippen molar-refractivity contribution in [1.82, 2.24) is 9.88 Å². The van der Waals surface area contributed by atoms with Gasteiger partial charge in [-0.25, -0.2) is 4.98 Å². The maximum atomic E-state index is 6.12. The molecule has 0 saturated carbocycles. The Hall–Kier alpha value is -1.85. The Kier molecular flexibility index (Phi) is 4.22. The minimum absolute atomic E-state index is 0.598. The van der Waals surface area contributed by atoms with Crippen molar-refractivity contribution < 1.29 is 9.47 Å². The van der Waals surface area contributed by atoms with E-state index in [1.165, 1.54) is 0 Å². The van der Waals surface area contributed by atoms with E-state index in [4.69, 9.17) is 15.2 Å². The average Bonchev–Trinajstić information content (AvgIpc) is 2.76. The van der Waals surface area contributed by atoms with Crippen LogP contribution in [0.4, 0.5) is 5.82 Å². The number of anilines is 1. The lowest BCUT2D eigenvalue weighted by Gasteiger charge is -2.20. The molecule has 0 radical (unpaired) electrons. The number of benzene rings is 1. The fraction of sp³-hybridized carbons (Fsp3) is 0.438. The first-order valence-electron chi connectivity index (χ1n) is 7.29. The Bertz CT molecular complexity index is 622. The topological polar surface area (TPSA) is 60.6 Å². The van der Waals surface area contributed by atoms with Gasteiger partial charge >= 0.3 is 0 Å². The summed E-state index contributed by atoms with van der Waals surface area (Å²) in [7, 11) is 1.65. The third-order valence-electron chi connectivity index (χ3n) is 3.85. The van der Waals surface area contributed by atoms with Crippen LogP contribution in [0.15, 0.2) is 24.3 Å². The molecule has 2 N–H and O–H groups in total. The van der Waals surface area contributed by atoms with E-state index in [1.54, 1.807) is 7.11 Å². The quantitative estimate of drug-likeness (QED) is 0.936. The zero-order valence-electron chi connectivity index (χ0n) is 12.3. The molecule has 2 heterocycles. The molecule has 0 atom stereocenters. The van der Waals surface area contributed by atoms with E-state index in [9.17, 15) is 0 Å². The highest BCUT2D eigenvalue weighted by molar-refractivity contribution is 5.82. The summed E-state index contributed by atoms with van der Waals surface area (Å²) in [6, 6.07) is 8.01. The SMILES string of the molecule is COc1ccc2cc(CN3CCCOCC3)c(N)nc2c1. The van der Waals surface area contributed by atoms with Gasteiger partial charge in [-0.05, 0) is 24.6 Å². The minimum Gasteiger partial charge on any atom is -0.497 e. The van der Waals surface area contributed by atoms with Crippen LogP contribution < -0.4 is 10.5 Å². The molecule has 1 aliphatic heterocycles. The average molecular weight is 287 g/mol. The molecule has 112 valence electrons. The highest BCUT2D eigenvalue weighted by Crippen LogP contribution is 2.24. The molecule has 5 heteroatoms. The number of methoxy groups -OCH3 is 1. The van der Waals surface area contributed by atoms with E-state index >= 15 is 0 Å². The molecule has 1 aromatic carbocycles. The van der Waals surface area contributed by atoms with Crippen LogP contribution in [0.2, 0.25) is 0 Å². The van der Waals surface area contributed by atoms with E-state index in [2.05, 4.69) is 16.0 Å². The molecule has 21 heavy (non-hydrogen) atoms. The first-order chi connectivity index (χ1) is 10.3. The molecule has 5 nitrogen and oxygen atoms in total. The van der Waals surface area contributed by atoms with E-state index < -0.39 is 0 Å². The molecule has 1 aliphatic rings. The Morgan fingerprint density at radius 1 is 1.29 bits per heavy atom. The summed E-state index contributed by atoms with van der Waals surface area (Å²) in [6.45, 7) is 4.45. The normalized spacial score (nSPS) is 16.8. The standard InChI is InChI=1S/C16H21N3O2/c1-20-14-4-3-12-9-13(16(17)18-15(12)10-14)11-19-5-2-7-21-8-6-19/h3-4,9-10H,2,5-8,11H2,1H3,(H2,17,18). The van der Waals surface area contributed by atoms with Gasteiger partial charge in [0.1, 0.15) is 11.6 Å². The highest BCUT2D eigenvalue weighted by Gasteiger charge is 2.12. The van der Waals surface area contributed by atoms with Crippen molar-refractivity contribution in [1.29, 1.82) is 0 Å². The van der Waals surface area contributed by atoms with Gasteiger partial charge in [-0.3, -0.25) is 4.90 Å². The van der Waals surface area contributed by atoms with Crippen LogP contribution >= 0.6 is 0 Å². The molecule has 0 bridgehead atoms. The number of hydrogen-bond donors (Lipinski definition) is 1. The van der Waals surface area contributed by atoms with Gasteiger partial charge in [0.05, 0.1) is 19.2 Å². The number of ether oxygens (including phenoxy) is 2. The van der Waals surface area contributed by atoms with Crippen LogP contribution in [-0.4, -0.2) is 43.3 Å². The Labute approximate surface area is 124 Å². The number of fused-ring (bicyclic) bond motifs is 1. The maximum Gasteiger partial charge on any atom is 0.128 e. The summed E-state index contributed by atoms with van der Waals surface area (Å²) in [5.74, 6) is 1.40. The molecular weight excluding hydrogens is 266 g/mol. The van der Waals surface area contributed by atoms with Gasteiger partial charge < -0.3 is 15.2 Å². The first-order valence-corrected chi connectivity index (χ1v) is 7.29. The van der Waals surface area contributed by atoms with Gasteiger partial charge in [-0.2, -0.15) is 0 Å². The number of pyridine rings is 1. The highest BCUT2D eigenvalue weighted by atomic mass is 16.5. The molecular formula is C16H21N3O2. The summed E-state index contributed by atoms with van der Waals surface area (Å²) < 4.78 is 10.7. The molecule has 0 aliphatic carbocycles. The molecule has 2 aromatic rings. The van der Waals surface area contributed by atoms with Gasteiger partial charge in [0.15, 0.2) is 0 Å². The summed E-state index contributed by atoms with van der Waals surface area (Å²) in [6.07, 6.45) is 1.07. The molecule has 1 aromatic heterocycles. The van der Waals surface area contributed by atoms with Crippen molar-refractivity contribution in [2.45, 2.75) is 13.0 Å². The van der Waals surface area contributed by atoms with Crippen molar-refractivity contribution in [3.8, 4) is 5.75 Å². The van der Waals surface area contributed by atoms with E-state index in [1.807, 2.05) is 18.2 Å². The van der Waals surface area contributed by atoms with Crippen LogP contribution in [0, 0.1) is 0 Å². The second kappa shape index (κ2) is 6.28. The van der Waals surface area contributed by atoms with Gasteiger partial charge in [0.2, 0.25) is 0 Å². The van der Waals surface area contributed by atoms with Gasteiger partial charge in [-0.15, -0.1) is 0 Å². The molecule has 1 fully saturated rings. The van der Waals surface area contributed by atoms with Gasteiger partial charge in [0, 0.05) is 43.3 Å². The number of hydrogen-bond acceptors (Lipinski definition) is 5. The Balaban J connectivity index is 1.86. The van der Waals surface area contributed by atoms with Gasteiger partial charge in [0.25, 0.3) is 0 Å². The van der Waals surface area contributed by atoms with Crippen molar-refractivity contribution in [2.75, 3.05) is 39.1 Å². The predicted molar refractivity (Wildman–Crippen MR) is 83.4 cm³/mol. The lowest BCUT2D eigenvalue weighted by molar-refractivity contribution is 0.140. The Morgan fingerprint density at radius 2 is 2.19 bits per heavy atom. The van der Waals surface area contributed by atoms with Crippen LogP contribution in [0.1, 0.15) is 12.0 Å². The Morgan fingerprint density at radius 3 is 3.05 bits per heavy atom. The minimum atomic E-state index is 0.598. The van der Waals surface area contributed by atoms with Crippen LogP contribution in [-0.2, 0) is 11.3 Å². The number of nitrogens with zero attached hydrogens (tertiary/aromatic N) is 2. The number of aromatic nitrogens is 1. The second-order valence-corrected chi connectivity index (χ2v) is 5.33. The molecule has 0 unspecified atom stereocenters. The summed E-state index contributed by atoms with van der Waals surface area (Å²) in [5, 5.41) is 1.09. The number of rotatable bonds is 3. The van der Waals surface area contributed by atoms with Gasteiger partial charge in [-0.1, -0.05) is 0 Å². The third kappa shape index (κ3) is 3.25. The summed E-state index contributed by atoms with van der Waals surface area (Å²) in [4.78, 5) is 6.88. The molecule has 1 saturated heterocycles. The smallest absolute Gasteiger partial charge is 0.128 e. The van der Waals surface area contributed by atoms with Crippen molar-refractivity contribution in [3.05, 3.63) is 29.8 Å². The van der Waals surface area contributed by atoms with Crippen molar-refractivity contribution in [3.63, 3.8) is 0 Å². The zero-order valence-corrected chi connectivity index (χ0v) is 12.3. The third-order valence-corrected chi connectivity index (χ3v) is 3.85. The molecule has 0 spiro atoms. The largest absolute Gasteiger partial charge is 0.497 e. The first kappa shape index (κ1) is 14.1. The maximum absolute atomic E-state index is 6.12.